The minimum Gasteiger partial charge on any atom is -0.403 e. The number of allylic oxidation sites excluding steroid dienone is 24. The summed E-state index contributed by atoms with van der Waals surface area (Å²) in [6.07, 6.45) is 39.6. The van der Waals surface area contributed by atoms with E-state index in [1.54, 1.807) is 0 Å². The normalized spacial score (nSPS) is 23.4. The van der Waals surface area contributed by atoms with E-state index in [0.29, 0.717) is 12.3 Å². The van der Waals surface area contributed by atoms with Crippen LogP contribution >= 0.6 is 0 Å². The maximum absolute atomic E-state index is 5.97. The number of hydrogen-bond acceptors (Lipinski definition) is 4. The zero-order chi connectivity index (χ0) is 54.6. The van der Waals surface area contributed by atoms with E-state index in [1.165, 1.54) is 50.1 Å². The van der Waals surface area contributed by atoms with Crippen molar-refractivity contribution in [2.75, 3.05) is 0 Å². The van der Waals surface area contributed by atoms with E-state index >= 15 is 0 Å². The summed E-state index contributed by atoms with van der Waals surface area (Å²) < 4.78 is 23.0. The molecule has 6 rings (SSSR count). The summed E-state index contributed by atoms with van der Waals surface area (Å²) in [4.78, 5) is 0. The maximum Gasteiger partial charge on any atom is 0.491 e. The van der Waals surface area contributed by atoms with Gasteiger partial charge in [-0.05, 0) is 166 Å². The van der Waals surface area contributed by atoms with Gasteiger partial charge in [-0.15, -0.1) is 6.58 Å². The van der Waals surface area contributed by atoms with Crippen molar-refractivity contribution in [1.82, 2.24) is 0 Å². The third-order valence-electron chi connectivity index (χ3n) is 14.1. The molecule has 0 bridgehead atoms. The monoisotopic (exact) mass is 983 g/mol. The first-order valence-electron chi connectivity index (χ1n) is 27.0. The van der Waals surface area contributed by atoms with Gasteiger partial charge in [-0.2, -0.15) is 0 Å². The average molecular weight is 983 g/mol. The molecule has 2 heterocycles. The molecule has 0 radical (unpaired) electrons. The Morgan fingerprint density at radius 1 is 0.849 bits per heavy atom. The Hall–Kier alpha value is -5.07. The van der Waals surface area contributed by atoms with Crippen LogP contribution in [0.3, 0.4) is 0 Å². The molecule has 2 fully saturated rings. The average Bonchev–Trinajstić information content (AvgIpc) is 3.48. The molecule has 6 heteroatoms. The Kier molecular flexibility index (Phi) is 24.8. The lowest BCUT2D eigenvalue weighted by Gasteiger charge is -2.39. The zero-order valence-corrected chi connectivity index (χ0v) is 48.6. The highest BCUT2D eigenvalue weighted by Crippen LogP contribution is 2.51. The molecular weight excluding hydrogens is 890 g/mol. The van der Waals surface area contributed by atoms with Gasteiger partial charge in [-0.25, -0.2) is 0 Å². The summed E-state index contributed by atoms with van der Waals surface area (Å²) in [6.45, 7) is 46.0. The lowest BCUT2D eigenvalue weighted by atomic mass is 9.64. The summed E-state index contributed by atoms with van der Waals surface area (Å²) in [5.74, 6) is 13.8. The summed E-state index contributed by atoms with van der Waals surface area (Å²) in [7, 11) is -0.327. The van der Waals surface area contributed by atoms with Crippen LogP contribution in [-0.4, -0.2) is 36.6 Å². The van der Waals surface area contributed by atoms with E-state index in [4.69, 9.17) is 18.6 Å². The molecule has 0 N–H and O–H groups in total. The minimum absolute atomic E-state index is 0.000211. The number of hydrogen-bond donors (Lipinski definition) is 0. The Labute approximate surface area is 447 Å². The van der Waals surface area contributed by atoms with Crippen molar-refractivity contribution in [1.29, 1.82) is 0 Å². The van der Waals surface area contributed by atoms with E-state index < -0.39 is 0 Å². The maximum atomic E-state index is 5.97. The van der Waals surface area contributed by atoms with Gasteiger partial charge in [-0.1, -0.05) is 191 Å². The lowest BCUT2D eigenvalue weighted by Crippen LogP contribution is -2.41. The first kappa shape index (κ1) is 62.2. The predicted octanol–water partition coefficient (Wildman–Crippen LogP) is 17.8. The topological polar surface area (TPSA) is 36.9 Å². The fourth-order valence-electron chi connectivity index (χ4n) is 8.80. The molecule has 0 aromatic heterocycles. The number of aryl methyl sites for hydroxylation is 1. The van der Waals surface area contributed by atoms with Crippen molar-refractivity contribution >= 4 is 19.8 Å². The van der Waals surface area contributed by atoms with Crippen LogP contribution in [0.1, 0.15) is 154 Å². The van der Waals surface area contributed by atoms with Crippen molar-refractivity contribution in [2.24, 2.45) is 23.7 Å². The molecule has 0 amide bonds. The summed E-state index contributed by atoms with van der Waals surface area (Å²) in [5.41, 5.74) is 12.0. The number of rotatable bonds is 13. The Morgan fingerprint density at radius 2 is 1.49 bits per heavy atom. The van der Waals surface area contributed by atoms with Gasteiger partial charge < -0.3 is 18.6 Å². The van der Waals surface area contributed by atoms with Gasteiger partial charge in [0.05, 0.1) is 28.3 Å². The highest BCUT2D eigenvalue weighted by molar-refractivity contribution is 6.54. The van der Waals surface area contributed by atoms with Gasteiger partial charge in [0.2, 0.25) is 0 Å². The fourth-order valence-corrected chi connectivity index (χ4v) is 8.80. The van der Waals surface area contributed by atoms with Crippen molar-refractivity contribution in [2.45, 2.75) is 179 Å². The predicted molar refractivity (Wildman–Crippen MR) is 320 cm³/mol. The first-order valence-corrected chi connectivity index (χ1v) is 27.0. The molecule has 3 aliphatic carbocycles. The van der Waals surface area contributed by atoms with Gasteiger partial charge in [0.1, 0.15) is 0 Å². The molecule has 1 aromatic rings. The second-order valence-electron chi connectivity index (χ2n) is 21.8. The summed E-state index contributed by atoms with van der Waals surface area (Å²) in [5, 5.41) is 0. The van der Waals surface area contributed by atoms with Crippen molar-refractivity contribution in [3.63, 3.8) is 0 Å². The van der Waals surface area contributed by atoms with Crippen molar-refractivity contribution in [3.05, 3.63) is 185 Å². The van der Waals surface area contributed by atoms with Crippen molar-refractivity contribution < 1.29 is 18.6 Å². The largest absolute Gasteiger partial charge is 0.491 e. The van der Waals surface area contributed by atoms with Crippen LogP contribution in [-0.2, 0) is 18.6 Å². The second kappa shape index (κ2) is 29.1. The highest BCUT2D eigenvalue weighted by Gasteiger charge is 2.52. The molecule has 2 saturated heterocycles. The third kappa shape index (κ3) is 17.8. The van der Waals surface area contributed by atoms with Gasteiger partial charge in [0.25, 0.3) is 0 Å². The minimum atomic E-state index is -0.276. The van der Waals surface area contributed by atoms with Crippen LogP contribution in [0.15, 0.2) is 174 Å². The van der Waals surface area contributed by atoms with Crippen LogP contribution in [0.2, 0.25) is 6.82 Å². The van der Waals surface area contributed by atoms with Gasteiger partial charge in [0.15, 0.2) is 0 Å². The summed E-state index contributed by atoms with van der Waals surface area (Å²) in [6, 6.07) is 9.01. The quantitative estimate of drug-likeness (QED) is 0.0854. The van der Waals surface area contributed by atoms with Crippen LogP contribution < -0.4 is 0 Å². The highest BCUT2D eigenvalue weighted by atomic mass is 16.7. The fraction of sp³-hybridized carbons (Fsp3) is 0.463. The molecule has 4 nitrogen and oxygen atoms in total. The molecular formula is C67H92B2O4. The molecule has 5 aliphatic rings. The summed E-state index contributed by atoms with van der Waals surface area (Å²) >= 11 is 0. The van der Waals surface area contributed by atoms with E-state index in [0.717, 1.165) is 31.2 Å². The number of benzene rings is 1. The second-order valence-corrected chi connectivity index (χ2v) is 21.8. The lowest BCUT2D eigenvalue weighted by molar-refractivity contribution is 0.00578. The van der Waals surface area contributed by atoms with E-state index in [-0.39, 0.29) is 54.4 Å². The van der Waals surface area contributed by atoms with Gasteiger partial charge in [-0.3, -0.25) is 0 Å². The van der Waals surface area contributed by atoms with Crippen LogP contribution in [0, 0.1) is 54.3 Å². The van der Waals surface area contributed by atoms with Gasteiger partial charge >= 0.3 is 14.2 Å². The van der Waals surface area contributed by atoms with E-state index in [2.05, 4.69) is 252 Å². The molecule has 3 atom stereocenters. The molecule has 390 valence electrons. The van der Waals surface area contributed by atoms with Crippen LogP contribution in [0.4, 0.5) is 0 Å². The van der Waals surface area contributed by atoms with Crippen LogP contribution in [0.5, 0.6) is 0 Å². The van der Waals surface area contributed by atoms with E-state index in [1.807, 2.05) is 31.1 Å². The molecule has 3 unspecified atom stereocenters. The van der Waals surface area contributed by atoms with Gasteiger partial charge in [0, 0.05) is 24.7 Å². The SMILES string of the molecule is C=C/C(=C\C=C(C)C)C1C(/C(=C/C)CC)=C(c2cccc(C)c2)C(C2C#CC/C=C\C=C/2)=CC1C(/C=C\C(C)C)=C/CC.C=CCC.CB1OC(C)(C)C(C)(C)O1.CC1(C)OB(C2=CC=CC#CC2)OC1(C)C. The third-order valence-corrected chi connectivity index (χ3v) is 14.1. The first-order chi connectivity index (χ1) is 34.4. The smallest absolute Gasteiger partial charge is 0.403 e. The Bertz CT molecular complexity index is 2490. The molecule has 1 aromatic carbocycles. The zero-order valence-electron chi connectivity index (χ0n) is 48.6. The molecule has 0 spiro atoms. The molecule has 2 aliphatic heterocycles. The van der Waals surface area contributed by atoms with Crippen molar-refractivity contribution in [3.8, 4) is 23.7 Å². The molecule has 73 heavy (non-hydrogen) atoms. The Balaban J connectivity index is 0.000000375. The van der Waals surface area contributed by atoms with E-state index in [9.17, 15) is 0 Å². The standard InChI is InChI=1S/C43H52.C13H17BO2.C7H15BO2.C4H8/c1-10-20-36(28-26-32(7)8)39-30-40(37-22-17-15-14-16-18-23-37)42(38-24-19-21-33(9)29-38)43(34(11-2)12-3)41(39)35(13-4)27-25-31(5)6;1-12(2)13(3,4)16-14(15-12)11-9-7-5-6-8-10-11;1-6(2)7(3,4)10-8(5)9-6;1-3-4-2/h11,13-15,17,19-22,24-30,32,37,39,41H,4,10,12,16H2,1-3,5-9H3;5,7,9H,10H2,1-4H3;1-5H3;3H,1,4H2,2H3/b15-14-,22-17-,28-26-,34-11+,35-27+,36-20+;;;. The Morgan fingerprint density at radius 3 is 2.01 bits per heavy atom. The molecule has 0 saturated carbocycles. The van der Waals surface area contributed by atoms with Crippen LogP contribution in [0.25, 0.3) is 5.57 Å².